The summed E-state index contributed by atoms with van der Waals surface area (Å²) < 4.78 is 1.00. The van der Waals surface area contributed by atoms with Crippen molar-refractivity contribution in [3.8, 4) is 11.3 Å². The zero-order valence-corrected chi connectivity index (χ0v) is 18.9. The molecule has 4 rings (SSSR count). The van der Waals surface area contributed by atoms with Gasteiger partial charge in [-0.05, 0) is 44.9 Å². The number of hydrogen-bond donors (Lipinski definition) is 1. The molecule has 0 aliphatic carbocycles. The number of aromatic nitrogens is 3. The van der Waals surface area contributed by atoms with E-state index in [2.05, 4.69) is 51.7 Å². The van der Waals surface area contributed by atoms with Crippen LogP contribution in [0, 0.1) is 27.7 Å². The molecule has 0 saturated carbocycles. The van der Waals surface area contributed by atoms with Crippen LogP contribution in [-0.4, -0.2) is 26.8 Å². The van der Waals surface area contributed by atoms with Crippen molar-refractivity contribution in [2.45, 2.75) is 32.7 Å². The highest BCUT2D eigenvalue weighted by Gasteiger charge is 2.17. The first-order valence-electron chi connectivity index (χ1n) is 9.61. The van der Waals surface area contributed by atoms with Gasteiger partial charge in [0.25, 0.3) is 0 Å². The number of aryl methyl sites for hydroxylation is 4. The van der Waals surface area contributed by atoms with Crippen molar-refractivity contribution in [1.82, 2.24) is 15.2 Å². The van der Waals surface area contributed by atoms with Crippen molar-refractivity contribution in [3.05, 3.63) is 64.2 Å². The number of anilines is 1. The minimum Gasteiger partial charge on any atom is -0.325 e. The van der Waals surface area contributed by atoms with E-state index in [1.165, 1.54) is 17.3 Å². The molecule has 0 saturated heterocycles. The Morgan fingerprint density at radius 3 is 2.50 bits per heavy atom. The molecule has 1 N–H and O–H groups in total. The largest absolute Gasteiger partial charge is 0.325 e. The van der Waals surface area contributed by atoms with Crippen LogP contribution in [-0.2, 0) is 4.79 Å². The highest BCUT2D eigenvalue weighted by Crippen LogP contribution is 2.35. The molecule has 2 heterocycles. The zero-order chi connectivity index (χ0) is 21.3. The zero-order valence-electron chi connectivity index (χ0n) is 17.3. The van der Waals surface area contributed by atoms with Crippen LogP contribution in [0.15, 0.2) is 47.5 Å². The average Bonchev–Trinajstić information content (AvgIpc) is 3.11. The van der Waals surface area contributed by atoms with Crippen LogP contribution in [0.25, 0.3) is 21.5 Å². The Bertz CT molecular complexity index is 1230. The summed E-state index contributed by atoms with van der Waals surface area (Å²) >= 11 is 2.97. The smallest absolute Gasteiger partial charge is 0.234 e. The van der Waals surface area contributed by atoms with Crippen molar-refractivity contribution in [2.24, 2.45) is 0 Å². The summed E-state index contributed by atoms with van der Waals surface area (Å²) in [6, 6.07) is 14.3. The Balaban J connectivity index is 1.56. The number of thiazole rings is 1. The van der Waals surface area contributed by atoms with Gasteiger partial charge in [-0.1, -0.05) is 53.7 Å². The third kappa shape index (κ3) is 4.37. The highest BCUT2D eigenvalue weighted by molar-refractivity contribution is 8.00. The molecule has 0 aliphatic heterocycles. The number of hydrogen-bond acceptors (Lipinski definition) is 6. The van der Waals surface area contributed by atoms with Gasteiger partial charge in [-0.2, -0.15) is 0 Å². The van der Waals surface area contributed by atoms with E-state index >= 15 is 0 Å². The number of carbonyl (C=O) groups excluding carboxylic acids is 1. The predicted octanol–water partition coefficient (Wildman–Crippen LogP) is 5.72. The fourth-order valence-corrected chi connectivity index (χ4v) is 4.82. The van der Waals surface area contributed by atoms with Gasteiger partial charge < -0.3 is 5.32 Å². The maximum Gasteiger partial charge on any atom is 0.234 e. The summed E-state index contributed by atoms with van der Waals surface area (Å²) in [5.74, 6) is 0.177. The second-order valence-electron chi connectivity index (χ2n) is 7.29. The fourth-order valence-electron chi connectivity index (χ4n) is 3.11. The van der Waals surface area contributed by atoms with Crippen molar-refractivity contribution >= 4 is 44.9 Å². The number of fused-ring (bicyclic) bond motifs is 1. The number of nitrogens with one attached hydrogen (secondary N) is 1. The molecule has 0 bridgehead atoms. The number of carbonyl (C=O) groups is 1. The molecule has 5 nitrogen and oxygen atoms in total. The van der Waals surface area contributed by atoms with Gasteiger partial charge in [-0.25, -0.2) is 4.98 Å². The maximum absolute atomic E-state index is 12.5. The first kappa shape index (κ1) is 20.5. The third-order valence-electron chi connectivity index (χ3n) is 4.72. The van der Waals surface area contributed by atoms with Gasteiger partial charge in [0.1, 0.15) is 16.2 Å². The Hall–Kier alpha value is -2.77. The van der Waals surface area contributed by atoms with Crippen LogP contribution in [0.2, 0.25) is 0 Å². The molecule has 152 valence electrons. The Morgan fingerprint density at radius 1 is 1.00 bits per heavy atom. The van der Waals surface area contributed by atoms with Crippen molar-refractivity contribution in [2.75, 3.05) is 11.1 Å². The SMILES string of the molecule is Cc1ccc(-c2nnc(SCC(=O)Nc3cc(C)ccc3C)c3nc(C)sc23)cc1. The van der Waals surface area contributed by atoms with Crippen molar-refractivity contribution in [3.63, 3.8) is 0 Å². The molecule has 0 unspecified atom stereocenters. The number of thioether (sulfide) groups is 1. The number of benzene rings is 2. The molecule has 2 aromatic carbocycles. The molecule has 2 aromatic heterocycles. The van der Waals surface area contributed by atoms with Gasteiger partial charge in [0.15, 0.2) is 0 Å². The summed E-state index contributed by atoms with van der Waals surface area (Å²) in [5, 5.41) is 13.5. The van der Waals surface area contributed by atoms with E-state index in [0.717, 1.165) is 43.3 Å². The minimum atomic E-state index is -0.0711. The second-order valence-corrected chi connectivity index (χ2v) is 9.45. The van der Waals surface area contributed by atoms with E-state index in [4.69, 9.17) is 0 Å². The van der Waals surface area contributed by atoms with E-state index in [1.54, 1.807) is 11.3 Å². The molecule has 0 spiro atoms. The maximum atomic E-state index is 12.5. The van der Waals surface area contributed by atoms with E-state index in [1.807, 2.05) is 39.0 Å². The summed E-state index contributed by atoms with van der Waals surface area (Å²) in [5.41, 5.74) is 6.86. The molecule has 0 fully saturated rings. The molecule has 7 heteroatoms. The molecule has 0 aliphatic rings. The first-order valence-corrected chi connectivity index (χ1v) is 11.4. The van der Waals surface area contributed by atoms with Gasteiger partial charge in [0.05, 0.1) is 15.5 Å². The lowest BCUT2D eigenvalue weighted by Gasteiger charge is -2.09. The summed E-state index contributed by atoms with van der Waals surface area (Å²) in [6.07, 6.45) is 0. The van der Waals surface area contributed by atoms with Gasteiger partial charge >= 0.3 is 0 Å². The van der Waals surface area contributed by atoms with Crippen LogP contribution in [0.3, 0.4) is 0 Å². The quantitative estimate of drug-likeness (QED) is 0.407. The predicted molar refractivity (Wildman–Crippen MR) is 125 cm³/mol. The van der Waals surface area contributed by atoms with Crippen LogP contribution < -0.4 is 5.32 Å². The van der Waals surface area contributed by atoms with Crippen LogP contribution >= 0.6 is 23.1 Å². The number of rotatable bonds is 5. The normalized spacial score (nSPS) is 11.1. The lowest BCUT2D eigenvalue weighted by Crippen LogP contribution is -2.15. The van der Waals surface area contributed by atoms with Gasteiger partial charge in [-0.3, -0.25) is 4.79 Å². The van der Waals surface area contributed by atoms with Gasteiger partial charge in [-0.15, -0.1) is 21.5 Å². The fraction of sp³-hybridized carbons (Fsp3) is 0.217. The van der Waals surface area contributed by atoms with Gasteiger partial charge in [0, 0.05) is 11.3 Å². The van der Waals surface area contributed by atoms with E-state index in [9.17, 15) is 4.79 Å². The van der Waals surface area contributed by atoms with Crippen molar-refractivity contribution < 1.29 is 4.79 Å². The van der Waals surface area contributed by atoms with Crippen LogP contribution in [0.5, 0.6) is 0 Å². The molecule has 0 radical (unpaired) electrons. The lowest BCUT2D eigenvalue weighted by atomic mass is 10.1. The van der Waals surface area contributed by atoms with Gasteiger partial charge in [0.2, 0.25) is 5.91 Å². The van der Waals surface area contributed by atoms with E-state index in [0.29, 0.717) is 5.03 Å². The van der Waals surface area contributed by atoms with E-state index in [-0.39, 0.29) is 11.7 Å². The number of nitrogens with zero attached hydrogens (tertiary/aromatic N) is 3. The Labute approximate surface area is 184 Å². The molecular formula is C23H22N4OS2. The molecule has 4 aromatic rings. The summed E-state index contributed by atoms with van der Waals surface area (Å²) in [7, 11) is 0. The van der Waals surface area contributed by atoms with E-state index < -0.39 is 0 Å². The number of amides is 1. The van der Waals surface area contributed by atoms with Crippen LogP contribution in [0.1, 0.15) is 21.7 Å². The lowest BCUT2D eigenvalue weighted by molar-refractivity contribution is -0.113. The average molecular weight is 435 g/mol. The molecule has 0 atom stereocenters. The van der Waals surface area contributed by atoms with Crippen LogP contribution in [0.4, 0.5) is 5.69 Å². The Kier molecular flexibility index (Phi) is 5.83. The molecule has 30 heavy (non-hydrogen) atoms. The third-order valence-corrected chi connectivity index (χ3v) is 6.66. The highest BCUT2D eigenvalue weighted by atomic mass is 32.2. The topological polar surface area (TPSA) is 67.8 Å². The van der Waals surface area contributed by atoms with Crippen molar-refractivity contribution in [1.29, 1.82) is 0 Å². The Morgan fingerprint density at radius 2 is 1.73 bits per heavy atom. The minimum absolute atomic E-state index is 0.0711. The summed E-state index contributed by atoms with van der Waals surface area (Å²) in [4.78, 5) is 17.2. The summed E-state index contributed by atoms with van der Waals surface area (Å²) in [6.45, 7) is 8.03. The monoisotopic (exact) mass is 434 g/mol. The molecular weight excluding hydrogens is 412 g/mol. The standard InChI is InChI=1S/C23H22N4OS2/c1-13-6-9-17(10-7-13)20-22-21(24-16(4)30-22)23(27-26-20)29-12-19(28)25-18-11-14(2)5-8-15(18)3/h5-11H,12H2,1-4H3,(H,25,28). The second kappa shape index (κ2) is 8.53. The molecule has 1 amide bonds. The first-order chi connectivity index (χ1) is 14.4.